The average Bonchev–Trinajstić information content (AvgIpc) is 3.01. The molecule has 0 bridgehead atoms. The summed E-state index contributed by atoms with van der Waals surface area (Å²) >= 11 is 3.32. The number of benzene rings is 1. The number of hydrogen-bond donors (Lipinski definition) is 1. The number of amides is 1. The van der Waals surface area contributed by atoms with E-state index in [0.29, 0.717) is 5.25 Å². The Morgan fingerprint density at radius 1 is 1.16 bits per heavy atom. The first-order chi connectivity index (χ1) is 11.9. The molecule has 1 atom stereocenters. The molecule has 0 radical (unpaired) electrons. The van der Waals surface area contributed by atoms with E-state index in [1.807, 2.05) is 49.9 Å². The van der Waals surface area contributed by atoms with Gasteiger partial charge in [0.2, 0.25) is 5.91 Å². The molecular formula is C20H25NO2S2. The van der Waals surface area contributed by atoms with E-state index >= 15 is 0 Å². The average molecular weight is 376 g/mol. The molecule has 0 fully saturated rings. The van der Waals surface area contributed by atoms with Crippen molar-refractivity contribution in [3.05, 3.63) is 45.6 Å². The van der Waals surface area contributed by atoms with E-state index in [1.54, 1.807) is 0 Å². The van der Waals surface area contributed by atoms with Crippen molar-refractivity contribution in [3.63, 3.8) is 0 Å². The van der Waals surface area contributed by atoms with Crippen LogP contribution in [0.15, 0.2) is 35.2 Å². The smallest absolute Gasteiger partial charge is 0.224 e. The molecule has 1 N–H and O–H groups in total. The summed E-state index contributed by atoms with van der Waals surface area (Å²) in [6.07, 6.45) is 1.57. The van der Waals surface area contributed by atoms with E-state index in [9.17, 15) is 9.59 Å². The summed E-state index contributed by atoms with van der Waals surface area (Å²) in [4.78, 5) is 27.3. The highest BCUT2D eigenvalue weighted by molar-refractivity contribution is 7.99. The first kappa shape index (κ1) is 19.7. The highest BCUT2D eigenvalue weighted by Gasteiger charge is 2.12. The van der Waals surface area contributed by atoms with Gasteiger partial charge in [-0.3, -0.25) is 9.59 Å². The fraction of sp³-hybridized carbons (Fsp3) is 0.400. The second-order valence-electron chi connectivity index (χ2n) is 6.20. The molecule has 0 spiro atoms. The molecule has 0 saturated carbocycles. The van der Waals surface area contributed by atoms with Crippen molar-refractivity contribution in [2.24, 2.45) is 0 Å². The van der Waals surface area contributed by atoms with Crippen LogP contribution < -0.4 is 5.32 Å². The second kappa shape index (κ2) is 9.20. The van der Waals surface area contributed by atoms with Crippen LogP contribution in [0.1, 0.15) is 53.2 Å². The molecule has 25 heavy (non-hydrogen) atoms. The van der Waals surface area contributed by atoms with Gasteiger partial charge in [-0.05, 0) is 56.2 Å². The van der Waals surface area contributed by atoms with Crippen molar-refractivity contribution in [1.82, 2.24) is 0 Å². The summed E-state index contributed by atoms with van der Waals surface area (Å²) in [5.41, 5.74) is 1.86. The molecule has 1 heterocycles. The third-order valence-electron chi connectivity index (χ3n) is 3.98. The molecule has 0 aliphatic heterocycles. The molecule has 0 saturated heterocycles. The predicted octanol–water partition coefficient (Wildman–Crippen LogP) is 5.86. The molecule has 2 rings (SSSR count). The van der Waals surface area contributed by atoms with Crippen LogP contribution in [-0.4, -0.2) is 16.9 Å². The number of nitrogens with one attached hydrogen (secondary N) is 1. The minimum absolute atomic E-state index is 0.0327. The van der Waals surface area contributed by atoms with Crippen molar-refractivity contribution in [1.29, 1.82) is 0 Å². The maximum Gasteiger partial charge on any atom is 0.224 e. The van der Waals surface area contributed by atoms with Crippen LogP contribution in [0.5, 0.6) is 0 Å². The van der Waals surface area contributed by atoms with Crippen molar-refractivity contribution in [3.8, 4) is 0 Å². The quantitative estimate of drug-likeness (QED) is 0.464. The van der Waals surface area contributed by atoms with Gasteiger partial charge in [0.1, 0.15) is 0 Å². The van der Waals surface area contributed by atoms with Crippen molar-refractivity contribution >= 4 is 40.5 Å². The maximum absolute atomic E-state index is 12.1. The van der Waals surface area contributed by atoms with E-state index < -0.39 is 0 Å². The Kier molecular flexibility index (Phi) is 7.26. The summed E-state index contributed by atoms with van der Waals surface area (Å²) in [6, 6.07) is 9.85. The molecule has 3 nitrogen and oxygen atoms in total. The Morgan fingerprint density at radius 3 is 2.52 bits per heavy atom. The lowest BCUT2D eigenvalue weighted by Crippen LogP contribution is -2.14. The lowest BCUT2D eigenvalue weighted by Gasteiger charge is -2.12. The molecular weight excluding hydrogens is 350 g/mol. The minimum atomic E-state index is -0.118. The normalized spacial score (nSPS) is 12.0. The summed E-state index contributed by atoms with van der Waals surface area (Å²) in [5, 5.41) is 3.50. The van der Waals surface area contributed by atoms with Crippen LogP contribution in [0.4, 0.5) is 5.69 Å². The first-order valence-electron chi connectivity index (χ1n) is 8.55. The van der Waals surface area contributed by atoms with Gasteiger partial charge in [-0.2, -0.15) is 0 Å². The predicted molar refractivity (Wildman–Crippen MR) is 108 cm³/mol. The highest BCUT2D eigenvalue weighted by Crippen LogP contribution is 2.28. The monoisotopic (exact) mass is 375 g/mol. The van der Waals surface area contributed by atoms with Gasteiger partial charge in [0, 0.05) is 33.6 Å². The molecule has 5 heteroatoms. The first-order valence-corrected chi connectivity index (χ1v) is 10.3. The van der Waals surface area contributed by atoms with Crippen LogP contribution >= 0.6 is 23.1 Å². The number of hydrogen-bond acceptors (Lipinski definition) is 4. The SMILES string of the molecule is CCC(C)Sc1ccc(NC(=O)CCC(=O)c2ccc(C)s2)c(C)c1. The molecule has 1 aromatic heterocycles. The minimum Gasteiger partial charge on any atom is -0.326 e. The Morgan fingerprint density at radius 2 is 1.92 bits per heavy atom. The lowest BCUT2D eigenvalue weighted by atomic mass is 10.1. The van der Waals surface area contributed by atoms with Gasteiger partial charge in [-0.25, -0.2) is 0 Å². The molecule has 1 unspecified atom stereocenters. The van der Waals surface area contributed by atoms with Crippen LogP contribution in [0.25, 0.3) is 0 Å². The topological polar surface area (TPSA) is 46.2 Å². The number of ketones is 1. The summed E-state index contributed by atoms with van der Waals surface area (Å²) in [5.74, 6) is -0.0858. The Bertz CT molecular complexity index is 752. The number of carbonyl (C=O) groups is 2. The zero-order chi connectivity index (χ0) is 18.4. The second-order valence-corrected chi connectivity index (χ2v) is 8.99. The van der Waals surface area contributed by atoms with Gasteiger partial charge in [0.15, 0.2) is 5.78 Å². The van der Waals surface area contributed by atoms with E-state index in [-0.39, 0.29) is 24.5 Å². The molecule has 0 aliphatic rings. The standard InChI is InChI=1S/C20H25NO2S2/c1-5-14(3)24-16-7-8-17(13(2)12-16)21-20(23)11-9-18(22)19-10-6-15(4)25-19/h6-8,10,12,14H,5,9,11H2,1-4H3,(H,21,23). The van der Waals surface area contributed by atoms with E-state index in [0.717, 1.165) is 27.4 Å². The van der Waals surface area contributed by atoms with Gasteiger partial charge < -0.3 is 5.32 Å². The van der Waals surface area contributed by atoms with Gasteiger partial charge in [0.05, 0.1) is 4.88 Å². The number of anilines is 1. The molecule has 134 valence electrons. The van der Waals surface area contributed by atoms with E-state index in [1.165, 1.54) is 16.2 Å². The van der Waals surface area contributed by atoms with Crippen molar-refractivity contribution < 1.29 is 9.59 Å². The number of carbonyl (C=O) groups excluding carboxylic acids is 2. The highest BCUT2D eigenvalue weighted by atomic mass is 32.2. The van der Waals surface area contributed by atoms with Crippen LogP contribution in [-0.2, 0) is 4.79 Å². The Balaban J connectivity index is 1.88. The number of thioether (sulfide) groups is 1. The van der Waals surface area contributed by atoms with Gasteiger partial charge in [-0.1, -0.05) is 13.8 Å². The van der Waals surface area contributed by atoms with Crippen molar-refractivity contribution in [2.75, 3.05) is 5.32 Å². The number of aryl methyl sites for hydroxylation is 2. The number of Topliss-reactive ketones (excluding diaryl/α,β-unsaturated/α-hetero) is 1. The van der Waals surface area contributed by atoms with E-state index in [4.69, 9.17) is 0 Å². The van der Waals surface area contributed by atoms with Crippen LogP contribution in [0.2, 0.25) is 0 Å². The van der Waals surface area contributed by atoms with Crippen molar-refractivity contribution in [2.45, 2.75) is 57.1 Å². The zero-order valence-electron chi connectivity index (χ0n) is 15.2. The maximum atomic E-state index is 12.1. The summed E-state index contributed by atoms with van der Waals surface area (Å²) in [6.45, 7) is 8.36. The zero-order valence-corrected chi connectivity index (χ0v) is 16.9. The van der Waals surface area contributed by atoms with Gasteiger partial charge in [-0.15, -0.1) is 23.1 Å². The van der Waals surface area contributed by atoms with E-state index in [2.05, 4.69) is 25.2 Å². The molecule has 2 aromatic rings. The fourth-order valence-electron chi connectivity index (χ4n) is 2.31. The molecule has 1 amide bonds. The Hall–Kier alpha value is -1.59. The fourth-order valence-corrected chi connectivity index (χ4v) is 4.17. The lowest BCUT2D eigenvalue weighted by molar-refractivity contribution is -0.116. The number of thiophene rings is 1. The number of rotatable bonds is 8. The van der Waals surface area contributed by atoms with Gasteiger partial charge in [0.25, 0.3) is 0 Å². The Labute approximate surface area is 158 Å². The summed E-state index contributed by atoms with van der Waals surface area (Å²) in [7, 11) is 0. The largest absolute Gasteiger partial charge is 0.326 e. The van der Waals surface area contributed by atoms with Crippen LogP contribution in [0, 0.1) is 13.8 Å². The third-order valence-corrected chi connectivity index (χ3v) is 6.28. The third kappa shape index (κ3) is 6.01. The summed E-state index contributed by atoms with van der Waals surface area (Å²) < 4.78 is 0. The van der Waals surface area contributed by atoms with Crippen LogP contribution in [0.3, 0.4) is 0 Å². The molecule has 1 aromatic carbocycles. The molecule has 0 aliphatic carbocycles. The van der Waals surface area contributed by atoms with Gasteiger partial charge >= 0.3 is 0 Å².